The summed E-state index contributed by atoms with van der Waals surface area (Å²) in [5, 5.41) is 7.15. The minimum absolute atomic E-state index is 0.0559. The summed E-state index contributed by atoms with van der Waals surface area (Å²) < 4.78 is 1.68. The Morgan fingerprint density at radius 3 is 2.78 bits per heavy atom. The molecule has 0 aliphatic rings. The Kier molecular flexibility index (Phi) is 4.68. The van der Waals surface area contributed by atoms with Crippen molar-refractivity contribution in [3.63, 3.8) is 0 Å². The van der Waals surface area contributed by atoms with Crippen molar-refractivity contribution >= 4 is 5.91 Å². The summed E-state index contributed by atoms with van der Waals surface area (Å²) in [6.07, 6.45) is 5.74. The van der Waals surface area contributed by atoms with Gasteiger partial charge in [-0.25, -0.2) is 19.6 Å². The quantitative estimate of drug-likeness (QED) is 0.742. The van der Waals surface area contributed by atoms with Crippen molar-refractivity contribution in [1.82, 2.24) is 30.0 Å². The van der Waals surface area contributed by atoms with E-state index in [9.17, 15) is 4.79 Å². The van der Waals surface area contributed by atoms with E-state index in [1.165, 1.54) is 6.33 Å². The molecule has 1 N–H and O–H groups in total. The Labute approximate surface area is 133 Å². The molecule has 0 aliphatic heterocycles. The van der Waals surface area contributed by atoms with Gasteiger partial charge in [-0.1, -0.05) is 18.2 Å². The number of rotatable bonds is 6. The molecule has 0 radical (unpaired) electrons. The fourth-order valence-electron chi connectivity index (χ4n) is 2.06. The molecule has 7 nitrogen and oxygen atoms in total. The molecule has 0 aliphatic carbocycles. The molecule has 0 atom stereocenters. The standard InChI is InChI=1S/C16H16N6O/c23-16(7-6-13-8-9-17-11-19-13)18-10-15-20-12-22(21-15)14-4-2-1-3-5-14/h1-5,8-9,11-12H,6-7,10H2,(H,18,23). The summed E-state index contributed by atoms with van der Waals surface area (Å²) in [4.78, 5) is 24.0. The van der Waals surface area contributed by atoms with Crippen LogP contribution in [0.2, 0.25) is 0 Å². The predicted octanol–water partition coefficient (Wildman–Crippen LogP) is 1.31. The number of hydrogen-bond acceptors (Lipinski definition) is 5. The molecular formula is C16H16N6O. The van der Waals surface area contributed by atoms with E-state index in [2.05, 4.69) is 25.4 Å². The second-order valence-electron chi connectivity index (χ2n) is 4.92. The highest BCUT2D eigenvalue weighted by Crippen LogP contribution is 2.04. The van der Waals surface area contributed by atoms with Crippen LogP contribution < -0.4 is 5.32 Å². The first-order valence-electron chi connectivity index (χ1n) is 7.29. The number of carbonyl (C=O) groups excluding carboxylic acids is 1. The van der Waals surface area contributed by atoms with E-state index in [1.54, 1.807) is 23.3 Å². The molecular weight excluding hydrogens is 292 g/mol. The lowest BCUT2D eigenvalue weighted by Gasteiger charge is -2.02. The minimum Gasteiger partial charge on any atom is -0.349 e. The molecule has 1 amide bonds. The van der Waals surface area contributed by atoms with Gasteiger partial charge in [0.1, 0.15) is 12.7 Å². The van der Waals surface area contributed by atoms with Gasteiger partial charge in [-0.15, -0.1) is 5.10 Å². The number of hydrogen-bond donors (Lipinski definition) is 1. The summed E-state index contributed by atoms with van der Waals surface area (Å²) in [6, 6.07) is 11.5. The summed E-state index contributed by atoms with van der Waals surface area (Å²) in [7, 11) is 0. The fraction of sp³-hybridized carbons (Fsp3) is 0.188. The average molecular weight is 308 g/mol. The zero-order valence-electron chi connectivity index (χ0n) is 12.5. The molecule has 0 fully saturated rings. The van der Waals surface area contributed by atoms with Gasteiger partial charge in [0.15, 0.2) is 5.82 Å². The number of aryl methyl sites for hydroxylation is 1. The first-order valence-corrected chi connectivity index (χ1v) is 7.29. The number of aromatic nitrogens is 5. The topological polar surface area (TPSA) is 85.6 Å². The number of nitrogens with one attached hydrogen (secondary N) is 1. The largest absolute Gasteiger partial charge is 0.349 e. The molecule has 3 aromatic rings. The molecule has 3 rings (SSSR count). The normalized spacial score (nSPS) is 10.4. The van der Waals surface area contributed by atoms with Crippen LogP contribution in [0.5, 0.6) is 0 Å². The van der Waals surface area contributed by atoms with Gasteiger partial charge in [0.05, 0.1) is 12.2 Å². The van der Waals surface area contributed by atoms with Crippen LogP contribution in [-0.4, -0.2) is 30.6 Å². The summed E-state index contributed by atoms with van der Waals surface area (Å²) in [5.41, 5.74) is 1.78. The number of amides is 1. The van der Waals surface area contributed by atoms with Crippen molar-refractivity contribution in [3.05, 3.63) is 66.8 Å². The van der Waals surface area contributed by atoms with Crippen molar-refractivity contribution in [2.45, 2.75) is 19.4 Å². The lowest BCUT2D eigenvalue weighted by Crippen LogP contribution is -2.23. The first kappa shape index (κ1) is 14.8. The van der Waals surface area contributed by atoms with E-state index in [1.807, 2.05) is 30.3 Å². The van der Waals surface area contributed by atoms with Gasteiger partial charge in [0.2, 0.25) is 5.91 Å². The Bertz CT molecular complexity index is 757. The van der Waals surface area contributed by atoms with Gasteiger partial charge < -0.3 is 5.32 Å². The Hall–Kier alpha value is -3.09. The third-order valence-electron chi connectivity index (χ3n) is 3.26. The summed E-state index contributed by atoms with van der Waals surface area (Å²) in [5.74, 6) is 0.518. The summed E-state index contributed by atoms with van der Waals surface area (Å²) >= 11 is 0. The second-order valence-corrected chi connectivity index (χ2v) is 4.92. The van der Waals surface area contributed by atoms with E-state index in [4.69, 9.17) is 0 Å². The van der Waals surface area contributed by atoms with Gasteiger partial charge in [0.25, 0.3) is 0 Å². The number of nitrogens with zero attached hydrogens (tertiary/aromatic N) is 5. The third kappa shape index (κ3) is 4.19. The highest BCUT2D eigenvalue weighted by molar-refractivity contribution is 5.75. The van der Waals surface area contributed by atoms with E-state index < -0.39 is 0 Å². The highest BCUT2D eigenvalue weighted by atomic mass is 16.1. The molecule has 0 saturated carbocycles. The molecule has 23 heavy (non-hydrogen) atoms. The Balaban J connectivity index is 1.49. The van der Waals surface area contributed by atoms with Crippen LogP contribution in [0.15, 0.2) is 55.2 Å². The van der Waals surface area contributed by atoms with Gasteiger partial charge in [0, 0.05) is 18.3 Å². The maximum Gasteiger partial charge on any atom is 0.220 e. The second kappa shape index (κ2) is 7.26. The van der Waals surface area contributed by atoms with Crippen LogP contribution in [0.3, 0.4) is 0 Å². The van der Waals surface area contributed by atoms with Gasteiger partial charge in [-0.3, -0.25) is 4.79 Å². The van der Waals surface area contributed by atoms with Crippen LogP contribution in [0.1, 0.15) is 17.9 Å². The van der Waals surface area contributed by atoms with E-state index >= 15 is 0 Å². The van der Waals surface area contributed by atoms with Crippen LogP contribution in [-0.2, 0) is 17.8 Å². The van der Waals surface area contributed by atoms with Gasteiger partial charge in [-0.05, 0) is 24.6 Å². The zero-order chi connectivity index (χ0) is 15.9. The Morgan fingerprint density at radius 2 is 2.00 bits per heavy atom. The molecule has 0 spiro atoms. The van der Waals surface area contributed by atoms with Crippen molar-refractivity contribution < 1.29 is 4.79 Å². The maximum absolute atomic E-state index is 11.8. The van der Waals surface area contributed by atoms with Crippen LogP contribution >= 0.6 is 0 Å². The van der Waals surface area contributed by atoms with Crippen LogP contribution in [0.4, 0.5) is 0 Å². The van der Waals surface area contributed by atoms with Crippen molar-refractivity contribution in [1.29, 1.82) is 0 Å². The lowest BCUT2D eigenvalue weighted by molar-refractivity contribution is -0.121. The molecule has 2 aromatic heterocycles. The molecule has 1 aromatic carbocycles. The molecule has 0 bridgehead atoms. The van der Waals surface area contributed by atoms with E-state index in [0.717, 1.165) is 11.4 Å². The lowest BCUT2D eigenvalue weighted by atomic mass is 10.2. The number of carbonyl (C=O) groups is 1. The average Bonchev–Trinajstić information content (AvgIpc) is 3.09. The smallest absolute Gasteiger partial charge is 0.220 e. The monoisotopic (exact) mass is 308 g/mol. The maximum atomic E-state index is 11.8. The van der Waals surface area contributed by atoms with Crippen molar-refractivity contribution in [3.8, 4) is 5.69 Å². The molecule has 2 heterocycles. The molecule has 116 valence electrons. The molecule has 0 saturated heterocycles. The van der Waals surface area contributed by atoms with Crippen LogP contribution in [0.25, 0.3) is 5.69 Å². The molecule has 0 unspecified atom stereocenters. The van der Waals surface area contributed by atoms with Crippen LogP contribution in [0, 0.1) is 0 Å². The minimum atomic E-state index is -0.0559. The SMILES string of the molecule is O=C(CCc1ccncn1)NCc1ncn(-c2ccccc2)n1. The number of para-hydroxylation sites is 1. The van der Waals surface area contributed by atoms with E-state index in [-0.39, 0.29) is 5.91 Å². The summed E-state index contributed by atoms with van der Waals surface area (Å²) in [6.45, 7) is 0.308. The van der Waals surface area contributed by atoms with E-state index in [0.29, 0.717) is 25.2 Å². The zero-order valence-corrected chi connectivity index (χ0v) is 12.5. The fourth-order valence-corrected chi connectivity index (χ4v) is 2.06. The van der Waals surface area contributed by atoms with Gasteiger partial charge >= 0.3 is 0 Å². The first-order chi connectivity index (χ1) is 11.3. The highest BCUT2D eigenvalue weighted by Gasteiger charge is 2.06. The molecule has 7 heteroatoms. The Morgan fingerprint density at radius 1 is 1.13 bits per heavy atom. The third-order valence-corrected chi connectivity index (χ3v) is 3.26. The number of benzene rings is 1. The van der Waals surface area contributed by atoms with Crippen molar-refractivity contribution in [2.24, 2.45) is 0 Å². The van der Waals surface area contributed by atoms with Gasteiger partial charge in [-0.2, -0.15) is 0 Å². The van der Waals surface area contributed by atoms with Crippen molar-refractivity contribution in [2.75, 3.05) is 0 Å². The predicted molar refractivity (Wildman–Crippen MR) is 83.6 cm³/mol.